The minimum atomic E-state index is -0.0735. The second-order valence-corrected chi connectivity index (χ2v) is 6.90. The van der Waals surface area contributed by atoms with E-state index in [-0.39, 0.29) is 19.3 Å². The van der Waals surface area contributed by atoms with Crippen LogP contribution in [0.25, 0.3) is 10.9 Å². The van der Waals surface area contributed by atoms with Gasteiger partial charge in [-0.3, -0.25) is 4.79 Å². The molecular weight excluding hydrogens is 358 g/mol. The number of hydrogen-bond donors (Lipinski definition) is 1. The van der Waals surface area contributed by atoms with E-state index in [1.54, 1.807) is 4.90 Å². The number of hydrogen-bond acceptors (Lipinski definition) is 5. The highest BCUT2D eigenvalue weighted by atomic mass is 35.5. The molecule has 1 aliphatic rings. The summed E-state index contributed by atoms with van der Waals surface area (Å²) in [4.78, 5) is 19.9. The van der Waals surface area contributed by atoms with Crippen LogP contribution in [0.3, 0.4) is 0 Å². The summed E-state index contributed by atoms with van der Waals surface area (Å²) in [5.41, 5.74) is 1.52. The molecule has 1 aromatic heterocycles. The Morgan fingerprint density at radius 3 is 2.73 bits per heavy atom. The Morgan fingerprint density at radius 2 is 2.04 bits per heavy atom. The molecule has 0 atom stereocenters. The molecule has 0 aliphatic carbocycles. The maximum absolute atomic E-state index is 12.4. The molecule has 1 N–H and O–H groups in total. The first-order valence-electron chi connectivity index (χ1n) is 8.42. The van der Waals surface area contributed by atoms with Crippen LogP contribution < -0.4 is 14.4 Å². The summed E-state index contributed by atoms with van der Waals surface area (Å²) in [5.74, 6) is 1.28. The molecule has 1 amide bonds. The van der Waals surface area contributed by atoms with Crippen molar-refractivity contribution in [1.29, 1.82) is 0 Å². The molecule has 140 valence electrons. The SMILES string of the molecule is COCC(=O)N(CC[NH+](C)C)Cc1cc2cc3c(cc2nc1Cl)OCO3. The van der Waals surface area contributed by atoms with Crippen LogP contribution in [0.15, 0.2) is 18.2 Å². The summed E-state index contributed by atoms with van der Waals surface area (Å²) >= 11 is 6.39. The van der Waals surface area contributed by atoms with E-state index in [0.29, 0.717) is 29.7 Å². The normalized spacial score (nSPS) is 12.8. The smallest absolute Gasteiger partial charge is 0.249 e. The summed E-state index contributed by atoms with van der Waals surface area (Å²) in [7, 11) is 5.61. The number of carbonyl (C=O) groups excluding carboxylic acids is 1. The number of pyridine rings is 1. The Labute approximate surface area is 157 Å². The Bertz CT molecular complexity index is 813. The van der Waals surface area contributed by atoms with E-state index in [4.69, 9.17) is 25.8 Å². The molecular formula is C18H23ClN3O4+. The summed E-state index contributed by atoms with van der Waals surface area (Å²) in [6, 6.07) is 5.65. The van der Waals surface area contributed by atoms with Crippen LogP contribution >= 0.6 is 11.6 Å². The van der Waals surface area contributed by atoms with Gasteiger partial charge in [-0.2, -0.15) is 0 Å². The number of ether oxygens (including phenoxy) is 3. The summed E-state index contributed by atoms with van der Waals surface area (Å²) in [6.07, 6.45) is 0. The van der Waals surface area contributed by atoms with Crippen LogP contribution in [0.2, 0.25) is 5.15 Å². The van der Waals surface area contributed by atoms with Gasteiger partial charge in [0.05, 0.1) is 32.7 Å². The number of methoxy groups -OCH3 is 1. The Hall–Kier alpha value is -2.09. The molecule has 2 aromatic rings. The molecule has 26 heavy (non-hydrogen) atoms. The largest absolute Gasteiger partial charge is 0.454 e. The fraction of sp³-hybridized carbons (Fsp3) is 0.444. The first-order chi connectivity index (χ1) is 12.5. The minimum Gasteiger partial charge on any atom is -0.454 e. The molecule has 3 rings (SSSR count). The van der Waals surface area contributed by atoms with Crippen LogP contribution in [0.4, 0.5) is 0 Å². The van der Waals surface area contributed by atoms with Gasteiger partial charge in [-0.25, -0.2) is 4.98 Å². The highest BCUT2D eigenvalue weighted by molar-refractivity contribution is 6.30. The first kappa shape index (κ1) is 18.7. The minimum absolute atomic E-state index is 0.0417. The number of nitrogens with zero attached hydrogens (tertiary/aromatic N) is 2. The van der Waals surface area contributed by atoms with Crippen molar-refractivity contribution in [1.82, 2.24) is 9.88 Å². The summed E-state index contributed by atoms with van der Waals surface area (Å²) in [5, 5.41) is 1.27. The molecule has 8 heteroatoms. The average Bonchev–Trinajstić information content (AvgIpc) is 3.04. The molecule has 0 saturated carbocycles. The molecule has 1 aliphatic heterocycles. The van der Waals surface area contributed by atoms with Crippen molar-refractivity contribution in [3.05, 3.63) is 28.9 Å². The van der Waals surface area contributed by atoms with Gasteiger partial charge in [0.15, 0.2) is 11.5 Å². The Morgan fingerprint density at radius 1 is 1.31 bits per heavy atom. The van der Waals surface area contributed by atoms with Crippen molar-refractivity contribution < 1.29 is 23.9 Å². The maximum Gasteiger partial charge on any atom is 0.249 e. The number of aromatic nitrogens is 1. The van der Waals surface area contributed by atoms with Crippen molar-refractivity contribution >= 4 is 28.4 Å². The van der Waals surface area contributed by atoms with Crippen molar-refractivity contribution in [2.45, 2.75) is 6.54 Å². The van der Waals surface area contributed by atoms with E-state index in [1.807, 2.05) is 32.3 Å². The quantitative estimate of drug-likeness (QED) is 0.718. The molecule has 0 fully saturated rings. The van der Waals surface area contributed by atoms with E-state index in [2.05, 4.69) is 4.98 Å². The van der Waals surface area contributed by atoms with Crippen LogP contribution in [-0.4, -0.2) is 63.5 Å². The first-order valence-corrected chi connectivity index (χ1v) is 8.80. The third kappa shape index (κ3) is 4.17. The van der Waals surface area contributed by atoms with E-state index in [9.17, 15) is 4.79 Å². The predicted molar refractivity (Wildman–Crippen MR) is 97.8 cm³/mol. The highest BCUT2D eigenvalue weighted by Crippen LogP contribution is 2.36. The fourth-order valence-corrected chi connectivity index (χ4v) is 2.97. The van der Waals surface area contributed by atoms with Crippen molar-refractivity contribution in [2.75, 3.05) is 47.7 Å². The summed E-state index contributed by atoms with van der Waals surface area (Å²) < 4.78 is 15.8. The van der Waals surface area contributed by atoms with E-state index >= 15 is 0 Å². The van der Waals surface area contributed by atoms with Crippen LogP contribution in [-0.2, 0) is 16.1 Å². The number of rotatable bonds is 7. The summed E-state index contributed by atoms with van der Waals surface area (Å²) in [6.45, 7) is 2.07. The Balaban J connectivity index is 1.87. The zero-order valence-electron chi connectivity index (χ0n) is 15.2. The predicted octanol–water partition coefficient (Wildman–Crippen LogP) is 0.736. The van der Waals surface area contributed by atoms with Gasteiger partial charge in [0.2, 0.25) is 12.7 Å². The van der Waals surface area contributed by atoms with Crippen molar-refractivity contribution in [3.8, 4) is 11.5 Å². The van der Waals surface area contributed by atoms with Gasteiger partial charge in [-0.05, 0) is 12.1 Å². The average molecular weight is 381 g/mol. The van der Waals surface area contributed by atoms with E-state index in [0.717, 1.165) is 23.0 Å². The lowest BCUT2D eigenvalue weighted by atomic mass is 10.1. The number of quaternary nitrogens is 1. The lowest BCUT2D eigenvalue weighted by molar-refractivity contribution is -0.857. The van der Waals surface area contributed by atoms with E-state index < -0.39 is 0 Å². The number of benzene rings is 1. The van der Waals surface area contributed by atoms with Crippen LogP contribution in [0.5, 0.6) is 11.5 Å². The van der Waals surface area contributed by atoms with Gasteiger partial charge >= 0.3 is 0 Å². The highest BCUT2D eigenvalue weighted by Gasteiger charge is 2.19. The van der Waals surface area contributed by atoms with E-state index in [1.165, 1.54) is 12.0 Å². The number of carbonyl (C=O) groups is 1. The van der Waals surface area contributed by atoms with Gasteiger partial charge < -0.3 is 24.0 Å². The lowest BCUT2D eigenvalue weighted by Gasteiger charge is -2.23. The lowest BCUT2D eigenvalue weighted by Crippen LogP contribution is -3.06. The monoisotopic (exact) mass is 380 g/mol. The number of nitrogens with one attached hydrogen (secondary N) is 1. The molecule has 0 saturated heterocycles. The van der Waals surface area contributed by atoms with Crippen molar-refractivity contribution in [2.24, 2.45) is 0 Å². The molecule has 2 heterocycles. The second kappa shape index (κ2) is 8.07. The van der Waals surface area contributed by atoms with Crippen LogP contribution in [0.1, 0.15) is 5.56 Å². The Kier molecular flexibility index (Phi) is 5.80. The second-order valence-electron chi connectivity index (χ2n) is 6.54. The molecule has 0 radical (unpaired) electrons. The number of amides is 1. The molecule has 0 unspecified atom stereocenters. The van der Waals surface area contributed by atoms with Gasteiger partial charge in [0.25, 0.3) is 0 Å². The van der Waals surface area contributed by atoms with Gasteiger partial charge in [-0.1, -0.05) is 11.6 Å². The molecule has 0 spiro atoms. The topological polar surface area (TPSA) is 65.3 Å². The molecule has 1 aromatic carbocycles. The molecule has 0 bridgehead atoms. The van der Waals surface area contributed by atoms with Crippen molar-refractivity contribution in [3.63, 3.8) is 0 Å². The standard InChI is InChI=1S/C18H22ClN3O4/c1-21(2)4-5-22(17(23)10-24-3)9-13-6-12-7-15-16(26-11-25-15)8-14(12)20-18(13)19/h6-8H,4-5,9-11H2,1-3H3/p+1. The third-order valence-corrected chi connectivity index (χ3v) is 4.53. The van der Waals surface area contributed by atoms with Gasteiger partial charge in [-0.15, -0.1) is 0 Å². The maximum atomic E-state index is 12.4. The van der Waals surface area contributed by atoms with Gasteiger partial charge in [0.1, 0.15) is 11.8 Å². The zero-order chi connectivity index (χ0) is 18.7. The number of fused-ring (bicyclic) bond motifs is 2. The van der Waals surface area contributed by atoms with Crippen LogP contribution in [0, 0.1) is 0 Å². The zero-order valence-corrected chi connectivity index (χ0v) is 15.9. The molecule has 7 nitrogen and oxygen atoms in total. The number of likely N-dealkylation sites (N-methyl/N-ethyl adjacent to an activating group) is 1. The van der Waals surface area contributed by atoms with Gasteiger partial charge in [0, 0.05) is 30.7 Å². The fourth-order valence-electron chi connectivity index (χ4n) is 2.77. The number of halogens is 1. The third-order valence-electron chi connectivity index (χ3n) is 4.20.